The number of anilines is 1. The first-order valence-electron chi connectivity index (χ1n) is 5.62. The molecule has 0 bridgehead atoms. The van der Waals surface area contributed by atoms with Crippen LogP contribution < -0.4 is 10.6 Å². The molecule has 92 valence electrons. The number of hydrogen-bond donors (Lipinski definition) is 1. The average Bonchev–Trinajstić information content (AvgIpc) is 2.28. The van der Waals surface area contributed by atoms with Crippen LogP contribution in [0.25, 0.3) is 0 Å². The highest BCUT2D eigenvalue weighted by Crippen LogP contribution is 2.27. The summed E-state index contributed by atoms with van der Waals surface area (Å²) in [5, 5.41) is 8.78. The minimum absolute atomic E-state index is 0.152. The standard InChI is InChI=1S/C13H18FN3/c1-9(7-15)8-17(3)13-11(10(2)16)5-4-6-12(13)14/h4-6,9-10H,8,16H2,1-3H3. The van der Waals surface area contributed by atoms with Crippen molar-refractivity contribution in [3.05, 3.63) is 29.6 Å². The fourth-order valence-electron chi connectivity index (χ4n) is 1.85. The minimum atomic E-state index is -0.299. The van der Waals surface area contributed by atoms with Crippen molar-refractivity contribution >= 4 is 5.69 Å². The van der Waals surface area contributed by atoms with Crippen LogP contribution in [0.3, 0.4) is 0 Å². The molecular weight excluding hydrogens is 217 g/mol. The van der Waals surface area contributed by atoms with Gasteiger partial charge < -0.3 is 10.6 Å². The SMILES string of the molecule is CC(C#N)CN(C)c1c(F)cccc1C(C)N. The predicted octanol–water partition coefficient (Wildman–Crippen LogP) is 2.44. The molecule has 0 saturated heterocycles. The number of hydrogen-bond acceptors (Lipinski definition) is 3. The Morgan fingerprint density at radius 3 is 2.65 bits per heavy atom. The second kappa shape index (κ2) is 5.65. The molecule has 0 radical (unpaired) electrons. The van der Waals surface area contributed by atoms with Crippen LogP contribution in [-0.4, -0.2) is 13.6 Å². The van der Waals surface area contributed by atoms with Crippen LogP contribution in [0.5, 0.6) is 0 Å². The number of nitriles is 1. The first kappa shape index (κ1) is 13.5. The average molecular weight is 235 g/mol. The van der Waals surface area contributed by atoms with Gasteiger partial charge in [0.2, 0.25) is 0 Å². The van der Waals surface area contributed by atoms with Gasteiger partial charge in [0, 0.05) is 19.6 Å². The molecular formula is C13H18FN3. The monoisotopic (exact) mass is 235 g/mol. The summed E-state index contributed by atoms with van der Waals surface area (Å²) in [6.45, 7) is 4.11. The van der Waals surface area contributed by atoms with Crippen molar-refractivity contribution in [2.75, 3.05) is 18.5 Å². The molecule has 0 aliphatic rings. The molecule has 2 unspecified atom stereocenters. The molecule has 1 aromatic carbocycles. The summed E-state index contributed by atoms with van der Waals surface area (Å²) in [5.74, 6) is -0.451. The maximum atomic E-state index is 13.8. The van der Waals surface area contributed by atoms with Gasteiger partial charge in [-0.25, -0.2) is 4.39 Å². The minimum Gasteiger partial charge on any atom is -0.371 e. The summed E-state index contributed by atoms with van der Waals surface area (Å²) in [5.41, 5.74) is 7.08. The van der Waals surface area contributed by atoms with Crippen molar-refractivity contribution in [2.24, 2.45) is 11.7 Å². The molecule has 0 amide bonds. The third-order valence-electron chi connectivity index (χ3n) is 2.66. The van der Waals surface area contributed by atoms with Gasteiger partial charge in [0.1, 0.15) is 5.82 Å². The van der Waals surface area contributed by atoms with Crippen LogP contribution >= 0.6 is 0 Å². The Labute approximate surface area is 102 Å². The first-order chi connectivity index (χ1) is 7.97. The van der Waals surface area contributed by atoms with Crippen molar-refractivity contribution in [1.29, 1.82) is 5.26 Å². The molecule has 0 aliphatic carbocycles. The molecule has 1 rings (SSSR count). The lowest BCUT2D eigenvalue weighted by Crippen LogP contribution is -2.26. The van der Waals surface area contributed by atoms with Gasteiger partial charge >= 0.3 is 0 Å². The number of nitrogens with two attached hydrogens (primary N) is 1. The van der Waals surface area contributed by atoms with Crippen molar-refractivity contribution in [2.45, 2.75) is 19.9 Å². The van der Waals surface area contributed by atoms with Gasteiger partial charge in [0.25, 0.3) is 0 Å². The van der Waals surface area contributed by atoms with Crippen molar-refractivity contribution in [3.63, 3.8) is 0 Å². The highest BCUT2D eigenvalue weighted by molar-refractivity contribution is 5.55. The number of rotatable bonds is 4. The van der Waals surface area contributed by atoms with Gasteiger partial charge in [0.05, 0.1) is 17.7 Å². The molecule has 1 aromatic rings. The number of halogens is 1. The number of benzene rings is 1. The molecule has 0 fully saturated rings. The van der Waals surface area contributed by atoms with E-state index in [9.17, 15) is 4.39 Å². The fraction of sp³-hybridized carbons (Fsp3) is 0.462. The smallest absolute Gasteiger partial charge is 0.146 e. The van der Waals surface area contributed by atoms with Gasteiger partial charge in [-0.1, -0.05) is 12.1 Å². The third kappa shape index (κ3) is 3.18. The molecule has 17 heavy (non-hydrogen) atoms. The Hall–Kier alpha value is -1.60. The van der Waals surface area contributed by atoms with E-state index >= 15 is 0 Å². The number of para-hydroxylation sites is 1. The lowest BCUT2D eigenvalue weighted by molar-refractivity contribution is 0.608. The molecule has 0 heterocycles. The maximum absolute atomic E-state index is 13.8. The lowest BCUT2D eigenvalue weighted by Gasteiger charge is -2.25. The van der Waals surface area contributed by atoms with Crippen LogP contribution in [0.15, 0.2) is 18.2 Å². The van der Waals surface area contributed by atoms with Crippen LogP contribution in [-0.2, 0) is 0 Å². The van der Waals surface area contributed by atoms with Crippen molar-refractivity contribution < 1.29 is 4.39 Å². The predicted molar refractivity (Wildman–Crippen MR) is 67.0 cm³/mol. The second-order valence-corrected chi connectivity index (χ2v) is 4.38. The zero-order chi connectivity index (χ0) is 13.0. The van der Waals surface area contributed by atoms with E-state index in [-0.39, 0.29) is 17.8 Å². The van der Waals surface area contributed by atoms with Crippen LogP contribution in [0, 0.1) is 23.1 Å². The molecule has 0 aliphatic heterocycles. The Balaban J connectivity index is 3.07. The quantitative estimate of drug-likeness (QED) is 0.872. The van der Waals surface area contributed by atoms with Crippen LogP contribution in [0.4, 0.5) is 10.1 Å². The van der Waals surface area contributed by atoms with E-state index < -0.39 is 0 Å². The summed E-state index contributed by atoms with van der Waals surface area (Å²) in [6.07, 6.45) is 0. The summed E-state index contributed by atoms with van der Waals surface area (Å²) in [6, 6.07) is 6.78. The van der Waals surface area contributed by atoms with E-state index in [0.717, 1.165) is 5.56 Å². The normalized spacial score (nSPS) is 13.9. The van der Waals surface area contributed by atoms with Gasteiger partial charge in [-0.15, -0.1) is 0 Å². The highest BCUT2D eigenvalue weighted by atomic mass is 19.1. The zero-order valence-corrected chi connectivity index (χ0v) is 10.4. The van der Waals surface area contributed by atoms with E-state index in [1.165, 1.54) is 6.07 Å². The lowest BCUT2D eigenvalue weighted by atomic mass is 10.0. The Morgan fingerprint density at radius 1 is 1.47 bits per heavy atom. The Kier molecular flexibility index (Phi) is 4.47. The van der Waals surface area contributed by atoms with E-state index in [1.54, 1.807) is 18.0 Å². The van der Waals surface area contributed by atoms with Gasteiger partial charge in [-0.2, -0.15) is 5.26 Å². The van der Waals surface area contributed by atoms with Gasteiger partial charge in [0.15, 0.2) is 0 Å². The summed E-state index contributed by atoms with van der Waals surface area (Å²) in [7, 11) is 1.78. The highest BCUT2D eigenvalue weighted by Gasteiger charge is 2.16. The molecule has 0 saturated carbocycles. The summed E-state index contributed by atoms with van der Waals surface area (Å²) in [4.78, 5) is 1.75. The van der Waals surface area contributed by atoms with E-state index in [4.69, 9.17) is 11.0 Å². The van der Waals surface area contributed by atoms with Gasteiger partial charge in [-0.05, 0) is 25.5 Å². The first-order valence-corrected chi connectivity index (χ1v) is 5.62. The summed E-state index contributed by atoms with van der Waals surface area (Å²) < 4.78 is 13.8. The van der Waals surface area contributed by atoms with Crippen LogP contribution in [0.2, 0.25) is 0 Å². The topological polar surface area (TPSA) is 53.0 Å². The molecule has 0 spiro atoms. The van der Waals surface area contributed by atoms with Crippen LogP contribution in [0.1, 0.15) is 25.5 Å². The van der Waals surface area contributed by atoms with E-state index in [1.807, 2.05) is 19.9 Å². The largest absolute Gasteiger partial charge is 0.371 e. The van der Waals surface area contributed by atoms with Crippen molar-refractivity contribution in [1.82, 2.24) is 0 Å². The third-order valence-corrected chi connectivity index (χ3v) is 2.66. The van der Waals surface area contributed by atoms with Crippen molar-refractivity contribution in [3.8, 4) is 6.07 Å². The zero-order valence-electron chi connectivity index (χ0n) is 10.4. The number of nitrogens with zero attached hydrogens (tertiary/aromatic N) is 2. The molecule has 0 aromatic heterocycles. The second-order valence-electron chi connectivity index (χ2n) is 4.38. The van der Waals surface area contributed by atoms with E-state index in [2.05, 4.69) is 6.07 Å². The Bertz CT molecular complexity index is 423. The molecule has 2 N–H and O–H groups in total. The maximum Gasteiger partial charge on any atom is 0.146 e. The molecule has 2 atom stereocenters. The van der Waals surface area contributed by atoms with E-state index in [0.29, 0.717) is 12.2 Å². The summed E-state index contributed by atoms with van der Waals surface area (Å²) >= 11 is 0. The molecule has 3 nitrogen and oxygen atoms in total. The fourth-order valence-corrected chi connectivity index (χ4v) is 1.85. The molecule has 4 heteroatoms. The van der Waals surface area contributed by atoms with Gasteiger partial charge in [-0.3, -0.25) is 0 Å². The Morgan fingerprint density at radius 2 is 2.12 bits per heavy atom.